The van der Waals surface area contributed by atoms with Gasteiger partial charge in [-0.1, -0.05) is 13.8 Å². The summed E-state index contributed by atoms with van der Waals surface area (Å²) in [5.74, 6) is 1.47. The van der Waals surface area contributed by atoms with E-state index in [4.69, 9.17) is 11.5 Å². The fraction of sp³-hybridized carbons (Fsp3) is 0.875. The van der Waals surface area contributed by atoms with E-state index < -0.39 is 0 Å². The van der Waals surface area contributed by atoms with Gasteiger partial charge in [0.2, 0.25) is 11.8 Å². The summed E-state index contributed by atoms with van der Waals surface area (Å²) in [6.07, 6.45) is 4.77. The summed E-state index contributed by atoms with van der Waals surface area (Å²) in [5.41, 5.74) is 10.9. The highest BCUT2D eigenvalue weighted by Gasteiger charge is 2.24. The third-order valence-corrected chi connectivity index (χ3v) is 4.67. The highest BCUT2D eigenvalue weighted by molar-refractivity contribution is 5.76. The number of carbonyl (C=O) groups excluding carboxylic acids is 2. The Morgan fingerprint density at radius 1 is 1.19 bits per heavy atom. The molecule has 1 atom stereocenters. The third-order valence-electron chi connectivity index (χ3n) is 4.67. The molecule has 1 aliphatic heterocycles. The predicted molar refractivity (Wildman–Crippen MR) is 84.3 cm³/mol. The third kappa shape index (κ3) is 6.46. The average molecular weight is 297 g/mol. The minimum Gasteiger partial charge on any atom is -0.370 e. The van der Waals surface area contributed by atoms with Crippen molar-refractivity contribution in [2.45, 2.75) is 52.4 Å². The van der Waals surface area contributed by atoms with Gasteiger partial charge in [0, 0.05) is 25.9 Å². The van der Waals surface area contributed by atoms with Gasteiger partial charge in [-0.2, -0.15) is 0 Å². The molecule has 21 heavy (non-hydrogen) atoms. The molecule has 1 rings (SSSR count). The number of rotatable bonds is 8. The lowest BCUT2D eigenvalue weighted by atomic mass is 9.88. The standard InChI is InChI=1S/C16H31N3O2/c1-12(2)14(5-8-17)3-4-16(21)19-9-6-13(7-10-19)11-15(18)20/h12-14H,3-11,17H2,1-2H3,(H2,18,20). The van der Waals surface area contributed by atoms with Crippen molar-refractivity contribution in [2.75, 3.05) is 19.6 Å². The van der Waals surface area contributed by atoms with Crippen molar-refractivity contribution in [1.82, 2.24) is 4.90 Å². The molecule has 1 saturated heterocycles. The van der Waals surface area contributed by atoms with Gasteiger partial charge < -0.3 is 16.4 Å². The van der Waals surface area contributed by atoms with E-state index in [2.05, 4.69) is 13.8 Å². The van der Waals surface area contributed by atoms with Crippen molar-refractivity contribution in [2.24, 2.45) is 29.2 Å². The zero-order valence-corrected chi connectivity index (χ0v) is 13.5. The van der Waals surface area contributed by atoms with Gasteiger partial charge in [-0.05, 0) is 50.0 Å². The van der Waals surface area contributed by atoms with E-state index in [1.165, 1.54) is 0 Å². The topological polar surface area (TPSA) is 89.4 Å². The molecule has 0 aromatic carbocycles. The van der Waals surface area contributed by atoms with Gasteiger partial charge in [0.15, 0.2) is 0 Å². The molecule has 0 bridgehead atoms. The van der Waals surface area contributed by atoms with Crippen molar-refractivity contribution >= 4 is 11.8 Å². The molecule has 0 aliphatic carbocycles. The molecule has 0 aromatic heterocycles. The smallest absolute Gasteiger partial charge is 0.222 e. The van der Waals surface area contributed by atoms with Gasteiger partial charge in [0.05, 0.1) is 0 Å². The lowest BCUT2D eigenvalue weighted by Crippen LogP contribution is -2.39. The molecular formula is C16H31N3O2. The summed E-state index contributed by atoms with van der Waals surface area (Å²) in [5, 5.41) is 0. The van der Waals surface area contributed by atoms with E-state index in [1.54, 1.807) is 0 Å². The van der Waals surface area contributed by atoms with Crippen LogP contribution in [0.2, 0.25) is 0 Å². The van der Waals surface area contributed by atoms with Crippen LogP contribution in [0.15, 0.2) is 0 Å². The number of carbonyl (C=O) groups is 2. The maximum absolute atomic E-state index is 12.3. The first-order chi connectivity index (χ1) is 9.93. The molecule has 0 saturated carbocycles. The van der Waals surface area contributed by atoms with Crippen LogP contribution < -0.4 is 11.5 Å². The van der Waals surface area contributed by atoms with E-state index in [9.17, 15) is 9.59 Å². The number of hydrogen-bond acceptors (Lipinski definition) is 3. The van der Waals surface area contributed by atoms with E-state index in [1.807, 2.05) is 4.90 Å². The van der Waals surface area contributed by atoms with E-state index in [0.29, 0.717) is 37.1 Å². The van der Waals surface area contributed by atoms with Crippen LogP contribution in [0.25, 0.3) is 0 Å². The molecule has 4 N–H and O–H groups in total. The Kier molecular flexibility index (Phi) is 7.72. The quantitative estimate of drug-likeness (QED) is 0.711. The monoisotopic (exact) mass is 297 g/mol. The normalized spacial score (nSPS) is 18.0. The minimum atomic E-state index is -0.235. The van der Waals surface area contributed by atoms with Crippen LogP contribution in [0.3, 0.4) is 0 Å². The second-order valence-corrected chi connectivity index (χ2v) is 6.61. The molecule has 0 aromatic rings. The lowest BCUT2D eigenvalue weighted by Gasteiger charge is -2.32. The van der Waals surface area contributed by atoms with Crippen molar-refractivity contribution in [3.05, 3.63) is 0 Å². The number of piperidine rings is 1. The Bertz CT molecular complexity index is 336. The second-order valence-electron chi connectivity index (χ2n) is 6.61. The molecule has 0 radical (unpaired) electrons. The van der Waals surface area contributed by atoms with E-state index in [0.717, 1.165) is 38.8 Å². The molecule has 5 nitrogen and oxygen atoms in total. The zero-order chi connectivity index (χ0) is 15.8. The first-order valence-electron chi connectivity index (χ1n) is 8.20. The van der Waals surface area contributed by atoms with Gasteiger partial charge in [-0.3, -0.25) is 9.59 Å². The largest absolute Gasteiger partial charge is 0.370 e. The van der Waals surface area contributed by atoms with Crippen LogP contribution in [0.4, 0.5) is 0 Å². The molecule has 0 spiro atoms. The molecule has 1 heterocycles. The number of amides is 2. The Morgan fingerprint density at radius 3 is 2.29 bits per heavy atom. The Hall–Kier alpha value is -1.10. The van der Waals surface area contributed by atoms with E-state index >= 15 is 0 Å². The number of likely N-dealkylation sites (tertiary alicyclic amines) is 1. The molecule has 1 unspecified atom stereocenters. The van der Waals surface area contributed by atoms with Gasteiger partial charge in [0.1, 0.15) is 0 Å². The highest BCUT2D eigenvalue weighted by atomic mass is 16.2. The fourth-order valence-electron chi connectivity index (χ4n) is 3.16. The number of hydrogen-bond donors (Lipinski definition) is 2. The van der Waals surface area contributed by atoms with Gasteiger partial charge >= 0.3 is 0 Å². The Morgan fingerprint density at radius 2 is 1.81 bits per heavy atom. The molecule has 2 amide bonds. The van der Waals surface area contributed by atoms with Crippen LogP contribution >= 0.6 is 0 Å². The Labute approximate surface area is 128 Å². The highest BCUT2D eigenvalue weighted by Crippen LogP contribution is 2.23. The molecular weight excluding hydrogens is 266 g/mol. The summed E-state index contributed by atoms with van der Waals surface area (Å²) >= 11 is 0. The first kappa shape index (κ1) is 18.0. The van der Waals surface area contributed by atoms with Crippen molar-refractivity contribution in [3.63, 3.8) is 0 Å². The summed E-state index contributed by atoms with van der Waals surface area (Å²) in [7, 11) is 0. The average Bonchev–Trinajstić information content (AvgIpc) is 2.43. The molecule has 1 aliphatic rings. The number of nitrogens with zero attached hydrogens (tertiary/aromatic N) is 1. The maximum atomic E-state index is 12.3. The van der Waals surface area contributed by atoms with Crippen molar-refractivity contribution in [3.8, 4) is 0 Å². The zero-order valence-electron chi connectivity index (χ0n) is 13.5. The van der Waals surface area contributed by atoms with Crippen LogP contribution in [-0.4, -0.2) is 36.3 Å². The number of nitrogens with two attached hydrogens (primary N) is 2. The van der Waals surface area contributed by atoms with Crippen LogP contribution in [0.1, 0.15) is 52.4 Å². The predicted octanol–water partition coefficient (Wildman–Crippen LogP) is 1.50. The van der Waals surface area contributed by atoms with Crippen LogP contribution in [0, 0.1) is 17.8 Å². The fourth-order valence-corrected chi connectivity index (χ4v) is 3.16. The lowest BCUT2D eigenvalue weighted by molar-refractivity contribution is -0.133. The van der Waals surface area contributed by atoms with E-state index in [-0.39, 0.29) is 11.8 Å². The Balaban J connectivity index is 2.32. The number of primary amides is 1. The maximum Gasteiger partial charge on any atom is 0.222 e. The second kappa shape index (κ2) is 9.03. The summed E-state index contributed by atoms with van der Waals surface area (Å²) in [6, 6.07) is 0. The van der Waals surface area contributed by atoms with Crippen LogP contribution in [0.5, 0.6) is 0 Å². The van der Waals surface area contributed by atoms with Gasteiger partial charge in [0.25, 0.3) is 0 Å². The summed E-state index contributed by atoms with van der Waals surface area (Å²) in [4.78, 5) is 25.1. The molecule has 122 valence electrons. The van der Waals surface area contributed by atoms with Gasteiger partial charge in [-0.25, -0.2) is 0 Å². The van der Waals surface area contributed by atoms with Crippen molar-refractivity contribution in [1.29, 1.82) is 0 Å². The summed E-state index contributed by atoms with van der Waals surface area (Å²) in [6.45, 7) is 6.61. The minimum absolute atomic E-state index is 0.235. The molecule has 5 heteroatoms. The molecule has 1 fully saturated rings. The summed E-state index contributed by atoms with van der Waals surface area (Å²) < 4.78 is 0. The first-order valence-corrected chi connectivity index (χ1v) is 8.20. The van der Waals surface area contributed by atoms with Gasteiger partial charge in [-0.15, -0.1) is 0 Å². The van der Waals surface area contributed by atoms with Crippen LogP contribution in [-0.2, 0) is 9.59 Å². The van der Waals surface area contributed by atoms with Crippen molar-refractivity contribution < 1.29 is 9.59 Å². The SMILES string of the molecule is CC(C)C(CCN)CCC(=O)N1CCC(CC(N)=O)CC1.